The van der Waals surface area contributed by atoms with Crippen molar-refractivity contribution in [3.05, 3.63) is 42.0 Å². The van der Waals surface area contributed by atoms with Gasteiger partial charge in [0, 0.05) is 18.3 Å². The summed E-state index contributed by atoms with van der Waals surface area (Å²) >= 11 is 0. The van der Waals surface area contributed by atoms with Gasteiger partial charge in [-0.1, -0.05) is 6.07 Å². The van der Waals surface area contributed by atoms with Crippen LogP contribution in [0, 0.1) is 0 Å². The van der Waals surface area contributed by atoms with Crippen molar-refractivity contribution in [1.29, 1.82) is 0 Å². The van der Waals surface area contributed by atoms with E-state index in [0.717, 1.165) is 5.56 Å². The van der Waals surface area contributed by atoms with Crippen LogP contribution in [0.4, 0.5) is 5.69 Å². The highest BCUT2D eigenvalue weighted by molar-refractivity contribution is 5.92. The quantitative estimate of drug-likeness (QED) is 0.790. The second-order valence-corrected chi connectivity index (χ2v) is 5.70. The van der Waals surface area contributed by atoms with Crippen LogP contribution in [-0.2, 0) is 11.3 Å². The van der Waals surface area contributed by atoms with Gasteiger partial charge in [0.2, 0.25) is 5.91 Å². The molecule has 7 nitrogen and oxygen atoms in total. The molecule has 1 aliphatic rings. The average molecular weight is 358 g/mol. The Morgan fingerprint density at radius 3 is 2.54 bits per heavy atom. The highest BCUT2D eigenvalue weighted by Crippen LogP contribution is 2.32. The second kappa shape index (κ2) is 8.44. The van der Waals surface area contributed by atoms with Crippen molar-refractivity contribution in [1.82, 2.24) is 5.32 Å². The van der Waals surface area contributed by atoms with Crippen LogP contribution in [0.1, 0.15) is 5.56 Å². The predicted octanol–water partition coefficient (Wildman–Crippen LogP) is 2.20. The Hall–Kier alpha value is -2.93. The number of carbonyl (C=O) groups excluding carboxylic acids is 1. The summed E-state index contributed by atoms with van der Waals surface area (Å²) in [5.74, 6) is 2.54. The van der Waals surface area contributed by atoms with E-state index in [-0.39, 0.29) is 12.5 Å². The summed E-state index contributed by atoms with van der Waals surface area (Å²) in [7, 11) is 3.19. The standard InChI is InChI=1S/C19H22N2O5/c1-23-15-5-3-13(9-17(15)24-2)11-20-12-19(22)21-14-4-6-16-18(10-14)26-8-7-25-16/h3-6,9-10,20H,7-8,11-12H2,1-2H3,(H,21,22). The first-order valence-electron chi connectivity index (χ1n) is 8.30. The van der Waals surface area contributed by atoms with Gasteiger partial charge in [-0.2, -0.15) is 0 Å². The van der Waals surface area contributed by atoms with Crippen LogP contribution in [0.2, 0.25) is 0 Å². The summed E-state index contributed by atoms with van der Waals surface area (Å²) in [6.07, 6.45) is 0. The number of fused-ring (bicyclic) bond motifs is 1. The third-order valence-corrected chi connectivity index (χ3v) is 3.89. The molecule has 0 atom stereocenters. The molecule has 0 spiro atoms. The first-order chi connectivity index (χ1) is 12.7. The molecule has 0 unspecified atom stereocenters. The van der Waals surface area contributed by atoms with Gasteiger partial charge >= 0.3 is 0 Å². The van der Waals surface area contributed by atoms with Crippen LogP contribution < -0.4 is 29.6 Å². The molecule has 1 aliphatic heterocycles. The zero-order chi connectivity index (χ0) is 18.4. The van der Waals surface area contributed by atoms with Gasteiger partial charge in [-0.05, 0) is 29.8 Å². The number of amides is 1. The summed E-state index contributed by atoms with van der Waals surface area (Å²) in [6, 6.07) is 11.0. The molecule has 0 radical (unpaired) electrons. The average Bonchev–Trinajstić information content (AvgIpc) is 2.67. The van der Waals surface area contributed by atoms with Gasteiger partial charge in [0.05, 0.1) is 20.8 Å². The smallest absolute Gasteiger partial charge is 0.238 e. The van der Waals surface area contributed by atoms with Gasteiger partial charge < -0.3 is 29.6 Å². The Bertz CT molecular complexity index is 779. The first kappa shape index (κ1) is 17.9. The van der Waals surface area contributed by atoms with E-state index >= 15 is 0 Å². The van der Waals surface area contributed by atoms with E-state index in [4.69, 9.17) is 18.9 Å². The maximum Gasteiger partial charge on any atom is 0.238 e. The van der Waals surface area contributed by atoms with Gasteiger partial charge in [-0.25, -0.2) is 0 Å². The van der Waals surface area contributed by atoms with Gasteiger partial charge in [-0.15, -0.1) is 0 Å². The molecule has 0 bridgehead atoms. The third kappa shape index (κ3) is 4.37. The van der Waals surface area contributed by atoms with Crippen molar-refractivity contribution in [2.24, 2.45) is 0 Å². The third-order valence-electron chi connectivity index (χ3n) is 3.89. The number of hydrogen-bond acceptors (Lipinski definition) is 6. The van der Waals surface area contributed by atoms with E-state index in [9.17, 15) is 4.79 Å². The molecule has 26 heavy (non-hydrogen) atoms. The molecular formula is C19H22N2O5. The molecule has 3 rings (SSSR count). The van der Waals surface area contributed by atoms with E-state index in [0.29, 0.717) is 48.4 Å². The minimum atomic E-state index is -0.137. The van der Waals surface area contributed by atoms with Crippen molar-refractivity contribution < 1.29 is 23.7 Å². The molecule has 0 saturated heterocycles. The monoisotopic (exact) mass is 358 g/mol. The number of nitrogens with one attached hydrogen (secondary N) is 2. The van der Waals surface area contributed by atoms with Gasteiger partial charge in [-0.3, -0.25) is 4.79 Å². The van der Waals surface area contributed by atoms with Gasteiger partial charge in [0.25, 0.3) is 0 Å². The molecule has 2 N–H and O–H groups in total. The van der Waals surface area contributed by atoms with Gasteiger partial charge in [0.1, 0.15) is 13.2 Å². The van der Waals surface area contributed by atoms with Crippen molar-refractivity contribution in [3.8, 4) is 23.0 Å². The molecule has 0 aromatic heterocycles. The van der Waals surface area contributed by atoms with Crippen molar-refractivity contribution in [2.75, 3.05) is 39.3 Å². The largest absolute Gasteiger partial charge is 0.493 e. The number of rotatable bonds is 7. The van der Waals surface area contributed by atoms with E-state index in [1.165, 1.54) is 0 Å². The summed E-state index contributed by atoms with van der Waals surface area (Å²) in [4.78, 5) is 12.1. The summed E-state index contributed by atoms with van der Waals surface area (Å²) in [5.41, 5.74) is 1.67. The first-order valence-corrected chi connectivity index (χ1v) is 8.30. The number of hydrogen-bond donors (Lipinski definition) is 2. The van der Waals surface area contributed by atoms with Crippen LogP contribution >= 0.6 is 0 Å². The lowest BCUT2D eigenvalue weighted by Crippen LogP contribution is -2.27. The van der Waals surface area contributed by atoms with E-state index in [1.807, 2.05) is 18.2 Å². The minimum Gasteiger partial charge on any atom is -0.493 e. The highest BCUT2D eigenvalue weighted by Gasteiger charge is 2.12. The van der Waals surface area contributed by atoms with E-state index in [1.54, 1.807) is 32.4 Å². The number of methoxy groups -OCH3 is 2. The highest BCUT2D eigenvalue weighted by atomic mass is 16.6. The number of carbonyl (C=O) groups is 1. The van der Waals surface area contributed by atoms with Crippen molar-refractivity contribution in [2.45, 2.75) is 6.54 Å². The SMILES string of the molecule is COc1ccc(CNCC(=O)Nc2ccc3c(c2)OCCO3)cc1OC. The summed E-state index contributed by atoms with van der Waals surface area (Å²) in [6.45, 7) is 1.77. The maximum atomic E-state index is 12.1. The molecule has 0 saturated carbocycles. The molecule has 138 valence electrons. The molecule has 2 aromatic rings. The van der Waals surface area contributed by atoms with Crippen LogP contribution in [0.25, 0.3) is 0 Å². The number of anilines is 1. The summed E-state index contributed by atoms with van der Waals surface area (Å²) < 4.78 is 21.5. The van der Waals surface area contributed by atoms with E-state index < -0.39 is 0 Å². The van der Waals surface area contributed by atoms with Gasteiger partial charge in [0.15, 0.2) is 23.0 Å². The van der Waals surface area contributed by atoms with Crippen LogP contribution in [0.15, 0.2) is 36.4 Å². The van der Waals surface area contributed by atoms with Crippen molar-refractivity contribution in [3.63, 3.8) is 0 Å². The van der Waals surface area contributed by atoms with Crippen LogP contribution in [-0.4, -0.2) is 39.9 Å². The lowest BCUT2D eigenvalue weighted by Gasteiger charge is -2.19. The lowest BCUT2D eigenvalue weighted by molar-refractivity contribution is -0.115. The molecule has 7 heteroatoms. The van der Waals surface area contributed by atoms with Crippen LogP contribution in [0.3, 0.4) is 0 Å². The Kier molecular flexibility index (Phi) is 5.80. The zero-order valence-corrected chi connectivity index (χ0v) is 14.8. The topological polar surface area (TPSA) is 78.1 Å². The fourth-order valence-electron chi connectivity index (χ4n) is 2.64. The Morgan fingerprint density at radius 2 is 1.77 bits per heavy atom. The van der Waals surface area contributed by atoms with Crippen LogP contribution in [0.5, 0.6) is 23.0 Å². The predicted molar refractivity (Wildman–Crippen MR) is 97.3 cm³/mol. The Labute approximate surface area is 152 Å². The fourth-order valence-corrected chi connectivity index (χ4v) is 2.64. The second-order valence-electron chi connectivity index (χ2n) is 5.70. The molecule has 2 aromatic carbocycles. The fraction of sp³-hybridized carbons (Fsp3) is 0.316. The Morgan fingerprint density at radius 1 is 1.00 bits per heavy atom. The molecule has 0 aliphatic carbocycles. The minimum absolute atomic E-state index is 0.137. The van der Waals surface area contributed by atoms with E-state index in [2.05, 4.69) is 10.6 Å². The van der Waals surface area contributed by atoms with Crippen molar-refractivity contribution >= 4 is 11.6 Å². The number of benzene rings is 2. The Balaban J connectivity index is 1.50. The molecule has 0 fully saturated rings. The number of ether oxygens (including phenoxy) is 4. The lowest BCUT2D eigenvalue weighted by atomic mass is 10.2. The maximum absolute atomic E-state index is 12.1. The molecule has 1 heterocycles. The summed E-state index contributed by atoms with van der Waals surface area (Å²) in [5, 5.41) is 5.95. The molecule has 1 amide bonds. The normalized spacial score (nSPS) is 12.4. The molecular weight excluding hydrogens is 336 g/mol. The zero-order valence-electron chi connectivity index (χ0n) is 14.8.